The molecule has 0 bridgehead atoms. The van der Waals surface area contributed by atoms with Crippen LogP contribution in [0.3, 0.4) is 0 Å². The van der Waals surface area contributed by atoms with Crippen molar-refractivity contribution < 1.29 is 4.79 Å². The minimum Gasteiger partial charge on any atom is -0.335 e. The molecule has 1 aromatic rings. The van der Waals surface area contributed by atoms with Crippen LogP contribution in [0.1, 0.15) is 39.4 Å². The summed E-state index contributed by atoms with van der Waals surface area (Å²) in [5.41, 5.74) is -0.266. The normalized spacial score (nSPS) is 20.5. The Morgan fingerprint density at radius 1 is 1.58 bits per heavy atom. The molecule has 1 atom stereocenters. The molecule has 1 N–H and O–H groups in total. The summed E-state index contributed by atoms with van der Waals surface area (Å²) in [6, 6.07) is 0. The fourth-order valence-electron chi connectivity index (χ4n) is 2.86. The van der Waals surface area contributed by atoms with Crippen molar-refractivity contribution in [2.45, 2.75) is 46.6 Å². The predicted octanol–water partition coefficient (Wildman–Crippen LogP) is 2.04. The van der Waals surface area contributed by atoms with Crippen LogP contribution < -0.4 is 5.32 Å². The van der Waals surface area contributed by atoms with E-state index in [1.54, 1.807) is 6.20 Å². The molecule has 1 saturated heterocycles. The van der Waals surface area contributed by atoms with E-state index in [0.717, 1.165) is 31.9 Å². The molecule has 1 aliphatic heterocycles. The lowest BCUT2D eigenvalue weighted by molar-refractivity contribution is -0.129. The van der Waals surface area contributed by atoms with Crippen LogP contribution in [-0.2, 0) is 17.8 Å². The van der Waals surface area contributed by atoms with E-state index in [1.807, 2.05) is 10.8 Å². The van der Waals surface area contributed by atoms with Gasteiger partial charge in [-0.15, -0.1) is 0 Å². The topological polar surface area (TPSA) is 46.9 Å². The first-order valence-corrected chi connectivity index (χ1v) is 7.29. The van der Waals surface area contributed by atoms with Crippen LogP contribution in [0.4, 0.5) is 0 Å². The zero-order chi connectivity index (χ0) is 13.9. The quantitative estimate of drug-likeness (QED) is 0.884. The monoisotopic (exact) mass is 263 g/mol. The highest BCUT2D eigenvalue weighted by molar-refractivity contribution is 5.85. The van der Waals surface area contributed by atoms with Gasteiger partial charge in [0.1, 0.15) is 11.6 Å². The molecule has 1 unspecified atom stereocenters. The first kappa shape index (κ1) is 14.3. The van der Waals surface area contributed by atoms with E-state index < -0.39 is 0 Å². The van der Waals surface area contributed by atoms with Crippen molar-refractivity contribution in [2.24, 2.45) is 11.3 Å². The highest BCUT2D eigenvalue weighted by Gasteiger charge is 2.37. The van der Waals surface area contributed by atoms with Crippen molar-refractivity contribution in [1.82, 2.24) is 14.9 Å². The zero-order valence-electron chi connectivity index (χ0n) is 12.3. The Labute approximate surface area is 115 Å². The molecule has 0 spiro atoms. The maximum absolute atomic E-state index is 12.6. The molecule has 19 heavy (non-hydrogen) atoms. The molecule has 106 valence electrons. The number of aromatic nitrogens is 2. The van der Waals surface area contributed by atoms with E-state index in [0.29, 0.717) is 18.1 Å². The SMILES string of the molecule is CCn1ccnc1CC(=O)C(C)(C)C1CCCNC1. The number of piperidine rings is 1. The summed E-state index contributed by atoms with van der Waals surface area (Å²) in [7, 11) is 0. The number of Topliss-reactive ketones (excluding diaryl/α,β-unsaturated/α-hetero) is 1. The highest BCUT2D eigenvalue weighted by Crippen LogP contribution is 2.33. The van der Waals surface area contributed by atoms with Gasteiger partial charge in [-0.05, 0) is 38.8 Å². The second-order valence-electron chi connectivity index (χ2n) is 5.99. The summed E-state index contributed by atoms with van der Waals surface area (Å²) < 4.78 is 2.05. The predicted molar refractivity (Wildman–Crippen MR) is 76.0 cm³/mol. The lowest BCUT2D eigenvalue weighted by Crippen LogP contribution is -2.43. The number of hydrogen-bond acceptors (Lipinski definition) is 3. The van der Waals surface area contributed by atoms with Crippen molar-refractivity contribution >= 4 is 5.78 Å². The van der Waals surface area contributed by atoms with Gasteiger partial charge in [-0.2, -0.15) is 0 Å². The minimum atomic E-state index is -0.266. The third-order valence-corrected chi connectivity index (χ3v) is 4.50. The van der Waals surface area contributed by atoms with Crippen molar-refractivity contribution in [3.05, 3.63) is 18.2 Å². The number of ketones is 1. The number of rotatable bonds is 5. The van der Waals surface area contributed by atoms with Gasteiger partial charge in [0.25, 0.3) is 0 Å². The van der Waals surface area contributed by atoms with E-state index in [4.69, 9.17) is 0 Å². The molecule has 4 nitrogen and oxygen atoms in total. The van der Waals surface area contributed by atoms with Crippen LogP contribution in [0.2, 0.25) is 0 Å². The van der Waals surface area contributed by atoms with E-state index in [9.17, 15) is 4.79 Å². The summed E-state index contributed by atoms with van der Waals surface area (Å²) >= 11 is 0. The number of hydrogen-bond donors (Lipinski definition) is 1. The molecule has 2 heterocycles. The Bertz CT molecular complexity index is 430. The van der Waals surface area contributed by atoms with Crippen LogP contribution in [-0.4, -0.2) is 28.4 Å². The molecule has 0 saturated carbocycles. The average Bonchev–Trinajstić information content (AvgIpc) is 2.87. The van der Waals surface area contributed by atoms with Gasteiger partial charge >= 0.3 is 0 Å². The number of nitrogens with zero attached hydrogens (tertiary/aromatic N) is 2. The maximum atomic E-state index is 12.6. The average molecular weight is 263 g/mol. The Kier molecular flexibility index (Phi) is 4.40. The summed E-state index contributed by atoms with van der Waals surface area (Å²) in [5, 5.41) is 3.40. The first-order chi connectivity index (χ1) is 9.05. The van der Waals surface area contributed by atoms with Gasteiger partial charge in [0.2, 0.25) is 0 Å². The fourth-order valence-corrected chi connectivity index (χ4v) is 2.86. The van der Waals surface area contributed by atoms with Gasteiger partial charge in [-0.1, -0.05) is 13.8 Å². The number of carbonyl (C=O) groups is 1. The fraction of sp³-hybridized carbons (Fsp3) is 0.733. The lowest BCUT2D eigenvalue weighted by atomic mass is 9.71. The van der Waals surface area contributed by atoms with Crippen molar-refractivity contribution in [3.8, 4) is 0 Å². The van der Waals surface area contributed by atoms with Crippen molar-refractivity contribution in [2.75, 3.05) is 13.1 Å². The van der Waals surface area contributed by atoms with E-state index in [-0.39, 0.29) is 5.41 Å². The second-order valence-corrected chi connectivity index (χ2v) is 5.99. The Balaban J connectivity index is 2.05. The molecule has 1 aromatic heterocycles. The molecular weight excluding hydrogens is 238 g/mol. The first-order valence-electron chi connectivity index (χ1n) is 7.29. The summed E-state index contributed by atoms with van der Waals surface area (Å²) in [6.45, 7) is 9.17. The molecule has 4 heteroatoms. The van der Waals surface area contributed by atoms with Crippen molar-refractivity contribution in [1.29, 1.82) is 0 Å². The minimum absolute atomic E-state index is 0.266. The number of carbonyl (C=O) groups excluding carboxylic acids is 1. The smallest absolute Gasteiger partial charge is 0.146 e. The Morgan fingerprint density at radius 2 is 2.37 bits per heavy atom. The lowest BCUT2D eigenvalue weighted by Gasteiger charge is -2.36. The van der Waals surface area contributed by atoms with Crippen LogP contribution in [0.5, 0.6) is 0 Å². The largest absolute Gasteiger partial charge is 0.335 e. The summed E-state index contributed by atoms with van der Waals surface area (Å²) in [4.78, 5) is 16.9. The number of nitrogens with one attached hydrogen (secondary N) is 1. The molecule has 2 rings (SSSR count). The third kappa shape index (κ3) is 3.06. The van der Waals surface area contributed by atoms with E-state index in [2.05, 4.69) is 31.1 Å². The molecular formula is C15H25N3O. The molecule has 0 radical (unpaired) electrons. The van der Waals surface area contributed by atoms with Gasteiger partial charge in [0.15, 0.2) is 0 Å². The van der Waals surface area contributed by atoms with Gasteiger partial charge in [-0.3, -0.25) is 4.79 Å². The Morgan fingerprint density at radius 3 is 3.00 bits per heavy atom. The number of imidazole rings is 1. The zero-order valence-corrected chi connectivity index (χ0v) is 12.3. The van der Waals surface area contributed by atoms with E-state index >= 15 is 0 Å². The van der Waals surface area contributed by atoms with Crippen LogP contribution in [0.15, 0.2) is 12.4 Å². The maximum Gasteiger partial charge on any atom is 0.146 e. The molecule has 1 fully saturated rings. The third-order valence-electron chi connectivity index (χ3n) is 4.50. The van der Waals surface area contributed by atoms with Gasteiger partial charge in [0, 0.05) is 24.4 Å². The Hall–Kier alpha value is -1.16. The number of aryl methyl sites for hydroxylation is 1. The van der Waals surface area contributed by atoms with Crippen LogP contribution >= 0.6 is 0 Å². The summed E-state index contributed by atoms with van der Waals surface area (Å²) in [6.07, 6.45) is 6.49. The molecule has 0 aliphatic carbocycles. The molecule has 1 aliphatic rings. The standard InChI is InChI=1S/C15H25N3O/c1-4-18-9-8-17-14(18)10-13(19)15(2,3)12-6-5-7-16-11-12/h8-9,12,16H,4-7,10-11H2,1-3H3. The van der Waals surface area contributed by atoms with Gasteiger partial charge in [0.05, 0.1) is 6.42 Å². The molecule has 0 aromatic carbocycles. The van der Waals surface area contributed by atoms with Crippen LogP contribution in [0.25, 0.3) is 0 Å². The van der Waals surface area contributed by atoms with Gasteiger partial charge < -0.3 is 9.88 Å². The second kappa shape index (κ2) is 5.87. The van der Waals surface area contributed by atoms with Crippen LogP contribution in [0, 0.1) is 11.3 Å². The van der Waals surface area contributed by atoms with E-state index in [1.165, 1.54) is 6.42 Å². The summed E-state index contributed by atoms with van der Waals surface area (Å²) in [5.74, 6) is 1.64. The van der Waals surface area contributed by atoms with Gasteiger partial charge in [-0.25, -0.2) is 4.98 Å². The highest BCUT2D eigenvalue weighted by atomic mass is 16.1. The van der Waals surface area contributed by atoms with Crippen molar-refractivity contribution in [3.63, 3.8) is 0 Å². The molecule has 0 amide bonds.